The van der Waals surface area contributed by atoms with Gasteiger partial charge in [-0.25, -0.2) is 4.68 Å². The van der Waals surface area contributed by atoms with E-state index < -0.39 is 5.54 Å². The van der Waals surface area contributed by atoms with Crippen molar-refractivity contribution in [3.63, 3.8) is 0 Å². The topological polar surface area (TPSA) is 95.7 Å². The summed E-state index contributed by atoms with van der Waals surface area (Å²) in [6.07, 6.45) is 11.0. The van der Waals surface area contributed by atoms with E-state index in [1.165, 1.54) is 0 Å². The largest absolute Gasteiger partial charge is 0.334 e. The summed E-state index contributed by atoms with van der Waals surface area (Å²) >= 11 is 0. The Bertz CT molecular complexity index is 778. The molecule has 0 saturated heterocycles. The summed E-state index contributed by atoms with van der Waals surface area (Å²) in [6, 6.07) is 3.79. The quantitative estimate of drug-likeness (QED) is 0.791. The predicted octanol–water partition coefficient (Wildman–Crippen LogP) is 2.47. The van der Waals surface area contributed by atoms with E-state index in [1.54, 1.807) is 23.3 Å². The number of aromatic nitrogens is 5. The van der Waals surface area contributed by atoms with Gasteiger partial charge in [0.1, 0.15) is 0 Å². The summed E-state index contributed by atoms with van der Waals surface area (Å²) in [7, 11) is 0. The fourth-order valence-electron chi connectivity index (χ4n) is 2.84. The maximum Gasteiger partial charge on any atom is 0.261 e. The number of nitrogens with zero attached hydrogens (tertiary/aromatic N) is 5. The molecule has 0 radical (unpaired) electrons. The van der Waals surface area contributed by atoms with Gasteiger partial charge >= 0.3 is 0 Å². The zero-order valence-corrected chi connectivity index (χ0v) is 13.2. The van der Waals surface area contributed by atoms with Gasteiger partial charge < -0.3 is 10.3 Å². The Kier molecular flexibility index (Phi) is 4.14. The van der Waals surface area contributed by atoms with Crippen molar-refractivity contribution in [3.05, 3.63) is 42.7 Å². The summed E-state index contributed by atoms with van der Waals surface area (Å²) in [5.74, 6) is 1.04. The lowest BCUT2D eigenvalue weighted by atomic mass is 9.99. The van der Waals surface area contributed by atoms with Crippen LogP contribution in [-0.2, 0) is 5.54 Å². The third-order valence-corrected chi connectivity index (χ3v) is 4.11. The molecule has 8 heteroatoms. The van der Waals surface area contributed by atoms with Gasteiger partial charge in [-0.2, -0.15) is 10.1 Å². The Morgan fingerprint density at radius 1 is 1.22 bits per heavy atom. The van der Waals surface area contributed by atoms with Gasteiger partial charge in [-0.1, -0.05) is 18.0 Å². The minimum absolute atomic E-state index is 0. The monoisotopic (exact) mass is 332 g/mol. The molecular weight excluding hydrogens is 316 g/mol. The van der Waals surface area contributed by atoms with E-state index in [9.17, 15) is 0 Å². The molecule has 0 unspecified atom stereocenters. The lowest BCUT2D eigenvalue weighted by Gasteiger charge is -2.17. The van der Waals surface area contributed by atoms with E-state index >= 15 is 0 Å². The first-order chi connectivity index (χ1) is 10.7. The molecule has 3 heterocycles. The van der Waals surface area contributed by atoms with Gasteiger partial charge in [0, 0.05) is 12.4 Å². The molecule has 0 amide bonds. The van der Waals surface area contributed by atoms with Crippen molar-refractivity contribution >= 4 is 12.4 Å². The molecule has 3 aromatic heterocycles. The molecule has 7 nitrogen and oxygen atoms in total. The second-order valence-corrected chi connectivity index (χ2v) is 5.67. The number of rotatable bonds is 3. The number of halogens is 1. The zero-order chi connectivity index (χ0) is 15.0. The average molecular weight is 333 g/mol. The summed E-state index contributed by atoms with van der Waals surface area (Å²) in [4.78, 5) is 8.55. The highest BCUT2D eigenvalue weighted by molar-refractivity contribution is 5.85. The van der Waals surface area contributed by atoms with Crippen molar-refractivity contribution in [2.75, 3.05) is 0 Å². The molecule has 0 aromatic carbocycles. The fraction of sp³-hybridized carbons (Fsp3) is 0.333. The Labute approximate surface area is 139 Å². The molecule has 2 N–H and O–H groups in total. The van der Waals surface area contributed by atoms with Crippen molar-refractivity contribution in [1.29, 1.82) is 0 Å². The molecule has 3 aromatic rings. The summed E-state index contributed by atoms with van der Waals surface area (Å²) in [5.41, 5.74) is 7.55. The van der Waals surface area contributed by atoms with E-state index in [0.717, 1.165) is 36.9 Å². The van der Waals surface area contributed by atoms with Gasteiger partial charge in [0.15, 0.2) is 5.82 Å². The standard InChI is InChI=1S/C15H16N6O.ClH/c16-15(5-1-2-6-15)14-19-13(22-20-14)11-8-18-21(10-11)12-4-3-7-17-9-12;/h3-4,7-10H,1-2,5-6,16H2;1H. The van der Waals surface area contributed by atoms with Crippen molar-refractivity contribution in [3.8, 4) is 17.1 Å². The number of hydrogen-bond acceptors (Lipinski definition) is 6. The molecule has 0 aliphatic heterocycles. The molecule has 1 fully saturated rings. The van der Waals surface area contributed by atoms with Gasteiger partial charge in [0.25, 0.3) is 5.89 Å². The molecule has 0 bridgehead atoms. The maximum atomic E-state index is 6.35. The molecule has 1 aliphatic rings. The van der Waals surface area contributed by atoms with Crippen LogP contribution >= 0.6 is 12.4 Å². The predicted molar refractivity (Wildman–Crippen MR) is 86.2 cm³/mol. The van der Waals surface area contributed by atoms with Crippen LogP contribution in [0.3, 0.4) is 0 Å². The summed E-state index contributed by atoms with van der Waals surface area (Å²) in [5, 5.41) is 8.37. The summed E-state index contributed by atoms with van der Waals surface area (Å²) in [6.45, 7) is 0. The number of hydrogen-bond donors (Lipinski definition) is 1. The summed E-state index contributed by atoms with van der Waals surface area (Å²) < 4.78 is 7.09. The Balaban J connectivity index is 0.00000156. The lowest BCUT2D eigenvalue weighted by molar-refractivity contribution is 0.372. The van der Waals surface area contributed by atoms with Crippen LogP contribution < -0.4 is 5.73 Å². The SMILES string of the molecule is Cl.NC1(c2noc(-c3cnn(-c4cccnc4)c3)n2)CCCC1. The molecule has 0 atom stereocenters. The van der Waals surface area contributed by atoms with Crippen LogP contribution in [0.5, 0.6) is 0 Å². The zero-order valence-electron chi connectivity index (χ0n) is 12.4. The normalized spacial score (nSPS) is 16.2. The van der Waals surface area contributed by atoms with E-state index in [4.69, 9.17) is 10.3 Å². The van der Waals surface area contributed by atoms with Crippen LogP contribution in [0.15, 0.2) is 41.4 Å². The fourth-order valence-corrected chi connectivity index (χ4v) is 2.84. The lowest BCUT2D eigenvalue weighted by Crippen LogP contribution is -2.34. The molecule has 4 rings (SSSR count). The Hall–Kier alpha value is -2.25. The molecule has 1 saturated carbocycles. The molecule has 120 valence electrons. The molecular formula is C15H17ClN6O. The van der Waals surface area contributed by atoms with E-state index in [0.29, 0.717) is 11.7 Å². The number of nitrogens with two attached hydrogens (primary N) is 1. The second kappa shape index (κ2) is 6.10. The van der Waals surface area contributed by atoms with Gasteiger partial charge in [-0.15, -0.1) is 12.4 Å². The average Bonchev–Trinajstić information content (AvgIpc) is 3.28. The van der Waals surface area contributed by atoms with E-state index in [2.05, 4.69) is 20.2 Å². The van der Waals surface area contributed by atoms with Crippen LogP contribution in [0.25, 0.3) is 17.1 Å². The van der Waals surface area contributed by atoms with Crippen molar-refractivity contribution in [2.24, 2.45) is 5.73 Å². The van der Waals surface area contributed by atoms with Crippen molar-refractivity contribution < 1.29 is 4.52 Å². The number of pyridine rings is 1. The Morgan fingerprint density at radius 2 is 2.04 bits per heavy atom. The minimum atomic E-state index is -0.443. The molecule has 1 aliphatic carbocycles. The van der Waals surface area contributed by atoms with Crippen LogP contribution in [0.2, 0.25) is 0 Å². The highest BCUT2D eigenvalue weighted by atomic mass is 35.5. The van der Waals surface area contributed by atoms with E-state index in [-0.39, 0.29) is 12.4 Å². The van der Waals surface area contributed by atoms with Gasteiger partial charge in [0.2, 0.25) is 0 Å². The van der Waals surface area contributed by atoms with Crippen LogP contribution in [-0.4, -0.2) is 24.9 Å². The third-order valence-electron chi connectivity index (χ3n) is 4.11. The first kappa shape index (κ1) is 15.6. The van der Waals surface area contributed by atoms with Crippen LogP contribution in [0.4, 0.5) is 0 Å². The van der Waals surface area contributed by atoms with Crippen molar-refractivity contribution in [1.82, 2.24) is 24.9 Å². The third kappa shape index (κ3) is 2.85. The smallest absolute Gasteiger partial charge is 0.261 e. The molecule has 23 heavy (non-hydrogen) atoms. The van der Waals surface area contributed by atoms with Gasteiger partial charge in [0.05, 0.1) is 29.2 Å². The van der Waals surface area contributed by atoms with E-state index in [1.807, 2.05) is 18.3 Å². The first-order valence-corrected chi connectivity index (χ1v) is 7.33. The van der Waals surface area contributed by atoms with Crippen LogP contribution in [0, 0.1) is 0 Å². The van der Waals surface area contributed by atoms with Crippen LogP contribution in [0.1, 0.15) is 31.5 Å². The molecule has 0 spiro atoms. The highest BCUT2D eigenvalue weighted by Crippen LogP contribution is 2.35. The maximum absolute atomic E-state index is 6.35. The van der Waals surface area contributed by atoms with Gasteiger partial charge in [-0.05, 0) is 25.0 Å². The highest BCUT2D eigenvalue weighted by Gasteiger charge is 2.36. The Morgan fingerprint density at radius 3 is 2.78 bits per heavy atom. The first-order valence-electron chi connectivity index (χ1n) is 7.33. The minimum Gasteiger partial charge on any atom is -0.334 e. The van der Waals surface area contributed by atoms with Crippen molar-refractivity contribution in [2.45, 2.75) is 31.2 Å². The second-order valence-electron chi connectivity index (χ2n) is 5.67. The van der Waals surface area contributed by atoms with Gasteiger partial charge in [-0.3, -0.25) is 4.98 Å².